The highest BCUT2D eigenvalue weighted by molar-refractivity contribution is 9.12. The molecule has 0 amide bonds. The maximum atomic E-state index is 11.9. The zero-order chi connectivity index (χ0) is 14.5. The van der Waals surface area contributed by atoms with Crippen molar-refractivity contribution >= 4 is 59.2 Å². The van der Waals surface area contributed by atoms with Crippen LogP contribution in [-0.2, 0) is 19.6 Å². The van der Waals surface area contributed by atoms with Gasteiger partial charge < -0.3 is 9.84 Å². The fraction of sp³-hybridized carbons (Fsp3) is 0.444. The van der Waals surface area contributed by atoms with Crippen LogP contribution in [0.3, 0.4) is 0 Å². The van der Waals surface area contributed by atoms with Crippen LogP contribution < -0.4 is 4.72 Å². The molecule has 1 heterocycles. The SMILES string of the molecule is O=C(O)CCOCCNS(=O)(=O)c1cc(Br)sc1Br. The van der Waals surface area contributed by atoms with Gasteiger partial charge in [-0.1, -0.05) is 0 Å². The number of sulfonamides is 1. The summed E-state index contributed by atoms with van der Waals surface area (Å²) in [5.41, 5.74) is 0. The van der Waals surface area contributed by atoms with Crippen molar-refractivity contribution in [2.24, 2.45) is 0 Å². The Morgan fingerprint density at radius 3 is 2.63 bits per heavy atom. The molecule has 108 valence electrons. The van der Waals surface area contributed by atoms with E-state index in [9.17, 15) is 13.2 Å². The van der Waals surface area contributed by atoms with Gasteiger partial charge in [-0.25, -0.2) is 13.1 Å². The Hall–Kier alpha value is -0.000000000000000333. The van der Waals surface area contributed by atoms with Gasteiger partial charge in [0.1, 0.15) is 4.90 Å². The number of rotatable bonds is 8. The summed E-state index contributed by atoms with van der Waals surface area (Å²) in [5, 5.41) is 8.38. The number of carbonyl (C=O) groups is 1. The molecule has 6 nitrogen and oxygen atoms in total. The summed E-state index contributed by atoms with van der Waals surface area (Å²) in [6, 6.07) is 1.50. The van der Waals surface area contributed by atoms with Crippen molar-refractivity contribution in [2.75, 3.05) is 19.8 Å². The van der Waals surface area contributed by atoms with Gasteiger partial charge >= 0.3 is 5.97 Å². The van der Waals surface area contributed by atoms with Gasteiger partial charge in [0.2, 0.25) is 10.0 Å². The van der Waals surface area contributed by atoms with Crippen LogP contribution >= 0.6 is 43.2 Å². The third kappa shape index (κ3) is 5.88. The largest absolute Gasteiger partial charge is 0.481 e. The summed E-state index contributed by atoms with van der Waals surface area (Å²) in [5.74, 6) is -0.951. The molecule has 1 aromatic rings. The van der Waals surface area contributed by atoms with Gasteiger partial charge in [-0.15, -0.1) is 11.3 Å². The summed E-state index contributed by atoms with van der Waals surface area (Å²) in [4.78, 5) is 10.4. The fourth-order valence-electron chi connectivity index (χ4n) is 1.10. The van der Waals surface area contributed by atoms with Crippen molar-refractivity contribution in [1.82, 2.24) is 4.72 Å². The van der Waals surface area contributed by atoms with Crippen LogP contribution in [0.2, 0.25) is 0 Å². The van der Waals surface area contributed by atoms with E-state index in [1.165, 1.54) is 17.4 Å². The second kappa shape index (κ2) is 7.70. The number of hydrogen-bond acceptors (Lipinski definition) is 5. The number of aliphatic carboxylic acids is 1. The van der Waals surface area contributed by atoms with Gasteiger partial charge in [-0.05, 0) is 37.9 Å². The lowest BCUT2D eigenvalue weighted by molar-refractivity contribution is -0.138. The van der Waals surface area contributed by atoms with Crippen molar-refractivity contribution in [1.29, 1.82) is 0 Å². The van der Waals surface area contributed by atoms with Crippen LogP contribution in [0.15, 0.2) is 18.5 Å². The maximum Gasteiger partial charge on any atom is 0.305 e. The normalized spacial score (nSPS) is 11.7. The Morgan fingerprint density at radius 2 is 2.11 bits per heavy atom. The lowest BCUT2D eigenvalue weighted by atomic mass is 10.5. The van der Waals surface area contributed by atoms with E-state index in [0.717, 1.165) is 0 Å². The number of thiophene rings is 1. The molecule has 1 aromatic heterocycles. The molecule has 0 radical (unpaired) electrons. The molecule has 0 fully saturated rings. The summed E-state index contributed by atoms with van der Waals surface area (Å²) in [6.45, 7) is 0.266. The molecule has 0 aliphatic rings. The third-order valence-electron chi connectivity index (χ3n) is 1.91. The Morgan fingerprint density at radius 1 is 1.42 bits per heavy atom. The molecular weight excluding hydrogens is 426 g/mol. The molecule has 0 saturated heterocycles. The van der Waals surface area contributed by atoms with Gasteiger partial charge in [-0.3, -0.25) is 4.79 Å². The predicted octanol–water partition coefficient (Wildman–Crippen LogP) is 2.04. The average molecular weight is 437 g/mol. The molecule has 0 aromatic carbocycles. The summed E-state index contributed by atoms with van der Waals surface area (Å²) >= 11 is 7.65. The van der Waals surface area contributed by atoms with Crippen LogP contribution in [0, 0.1) is 0 Å². The van der Waals surface area contributed by atoms with Crippen molar-refractivity contribution in [3.05, 3.63) is 13.6 Å². The van der Waals surface area contributed by atoms with E-state index in [0.29, 0.717) is 7.57 Å². The zero-order valence-electron chi connectivity index (χ0n) is 9.56. The van der Waals surface area contributed by atoms with Crippen molar-refractivity contribution in [3.63, 3.8) is 0 Å². The number of ether oxygens (including phenoxy) is 1. The molecule has 0 spiro atoms. The highest BCUT2D eigenvalue weighted by Gasteiger charge is 2.19. The highest BCUT2D eigenvalue weighted by atomic mass is 79.9. The van der Waals surface area contributed by atoms with Gasteiger partial charge in [0, 0.05) is 6.54 Å². The molecular formula is C9H11Br2NO5S2. The van der Waals surface area contributed by atoms with Gasteiger partial charge in [0.25, 0.3) is 0 Å². The van der Waals surface area contributed by atoms with Crippen LogP contribution in [-0.4, -0.2) is 39.3 Å². The van der Waals surface area contributed by atoms with Crippen molar-refractivity contribution < 1.29 is 23.1 Å². The molecule has 10 heteroatoms. The summed E-state index contributed by atoms with van der Waals surface area (Å²) in [6.07, 6.45) is -0.101. The molecule has 0 saturated carbocycles. The lowest BCUT2D eigenvalue weighted by Gasteiger charge is -2.06. The Kier molecular flexibility index (Phi) is 6.91. The molecule has 0 aliphatic heterocycles. The van der Waals surface area contributed by atoms with Gasteiger partial charge in [0.15, 0.2) is 0 Å². The van der Waals surface area contributed by atoms with E-state index < -0.39 is 16.0 Å². The minimum absolute atomic E-state index is 0.0603. The Balaban J connectivity index is 2.40. The Labute approximate surface area is 131 Å². The smallest absolute Gasteiger partial charge is 0.305 e. The average Bonchev–Trinajstić information content (AvgIpc) is 2.63. The first-order valence-electron chi connectivity index (χ1n) is 5.07. The maximum absolute atomic E-state index is 11.9. The monoisotopic (exact) mass is 435 g/mol. The van der Waals surface area contributed by atoms with E-state index in [1.54, 1.807) is 0 Å². The second-order valence-corrected chi connectivity index (χ2v) is 8.83. The topological polar surface area (TPSA) is 92.7 Å². The second-order valence-electron chi connectivity index (χ2n) is 3.34. The van der Waals surface area contributed by atoms with Crippen LogP contribution in [0.4, 0.5) is 0 Å². The standard InChI is InChI=1S/C9H11Br2NO5S2/c10-7-5-6(9(11)18-7)19(15,16)12-2-4-17-3-1-8(13)14/h5,12H,1-4H2,(H,13,14). The van der Waals surface area contributed by atoms with E-state index >= 15 is 0 Å². The van der Waals surface area contributed by atoms with Crippen molar-refractivity contribution in [3.8, 4) is 0 Å². The number of carboxylic acid groups (broad SMARTS) is 1. The fourth-order valence-corrected chi connectivity index (χ4v) is 5.92. The van der Waals surface area contributed by atoms with E-state index in [2.05, 4.69) is 36.6 Å². The number of nitrogens with one attached hydrogen (secondary N) is 1. The first kappa shape index (κ1) is 17.1. The summed E-state index contributed by atoms with van der Waals surface area (Å²) < 4.78 is 32.4. The number of halogens is 2. The first-order valence-corrected chi connectivity index (χ1v) is 8.95. The highest BCUT2D eigenvalue weighted by Crippen LogP contribution is 2.34. The Bertz CT molecular complexity index is 543. The predicted molar refractivity (Wildman–Crippen MR) is 78.0 cm³/mol. The minimum Gasteiger partial charge on any atom is -0.481 e. The van der Waals surface area contributed by atoms with Crippen LogP contribution in [0.25, 0.3) is 0 Å². The first-order chi connectivity index (χ1) is 8.83. The molecule has 2 N–H and O–H groups in total. The van der Waals surface area contributed by atoms with Crippen molar-refractivity contribution in [2.45, 2.75) is 11.3 Å². The molecule has 0 unspecified atom stereocenters. The molecule has 19 heavy (non-hydrogen) atoms. The molecule has 0 aliphatic carbocycles. The molecule has 0 atom stereocenters. The number of carboxylic acids is 1. The van der Waals surface area contributed by atoms with Gasteiger partial charge in [0.05, 0.1) is 27.2 Å². The summed E-state index contributed by atoms with van der Waals surface area (Å²) in [7, 11) is -3.59. The van der Waals surface area contributed by atoms with E-state index in [-0.39, 0.29) is 31.1 Å². The zero-order valence-corrected chi connectivity index (χ0v) is 14.4. The third-order valence-corrected chi connectivity index (χ3v) is 6.13. The minimum atomic E-state index is -3.59. The molecule has 1 rings (SSSR count). The molecule has 0 bridgehead atoms. The van der Waals surface area contributed by atoms with E-state index in [1.807, 2.05) is 0 Å². The van der Waals surface area contributed by atoms with E-state index in [4.69, 9.17) is 9.84 Å². The number of hydrogen-bond donors (Lipinski definition) is 2. The lowest BCUT2D eigenvalue weighted by Crippen LogP contribution is -2.27. The quantitative estimate of drug-likeness (QED) is 0.608. The van der Waals surface area contributed by atoms with Gasteiger partial charge in [-0.2, -0.15) is 0 Å². The van der Waals surface area contributed by atoms with Crippen LogP contribution in [0.1, 0.15) is 6.42 Å². The van der Waals surface area contributed by atoms with Crippen LogP contribution in [0.5, 0.6) is 0 Å².